The van der Waals surface area contributed by atoms with E-state index in [0.717, 1.165) is 51.9 Å². The van der Waals surface area contributed by atoms with Gasteiger partial charge >= 0.3 is 0 Å². The molecule has 0 aromatic heterocycles. The number of aliphatic imine (C=N–C) groups is 1. The maximum absolute atomic E-state index is 5.51. The number of hydrogen-bond donors (Lipinski definition) is 1. The quantitative estimate of drug-likeness (QED) is 0.909. The van der Waals surface area contributed by atoms with Crippen LogP contribution in [0.4, 0.5) is 0 Å². The molecule has 3 rings (SSSR count). The molecule has 2 heterocycles. The van der Waals surface area contributed by atoms with Crippen LogP contribution < -0.4 is 5.32 Å². The number of ether oxygens (including phenoxy) is 1. The van der Waals surface area contributed by atoms with Crippen molar-refractivity contribution in [2.24, 2.45) is 4.99 Å². The van der Waals surface area contributed by atoms with Crippen molar-refractivity contribution in [1.29, 1.82) is 0 Å². The van der Waals surface area contributed by atoms with Gasteiger partial charge in [0.25, 0.3) is 0 Å². The largest absolute Gasteiger partial charge is 0.379 e. The predicted octanol–water partition coefficient (Wildman–Crippen LogP) is 1.26. The van der Waals surface area contributed by atoms with Gasteiger partial charge in [-0.3, -0.25) is 9.89 Å². The van der Waals surface area contributed by atoms with Gasteiger partial charge in [0.15, 0.2) is 5.96 Å². The van der Waals surface area contributed by atoms with Gasteiger partial charge in [-0.2, -0.15) is 0 Å². The summed E-state index contributed by atoms with van der Waals surface area (Å²) in [6.07, 6.45) is 0. The minimum absolute atomic E-state index is 0.362. The van der Waals surface area contributed by atoms with Crippen LogP contribution >= 0.6 is 0 Å². The predicted molar refractivity (Wildman–Crippen MR) is 89.2 cm³/mol. The highest BCUT2D eigenvalue weighted by molar-refractivity contribution is 5.81. The average Bonchev–Trinajstić information content (AvgIpc) is 2.96. The van der Waals surface area contributed by atoms with E-state index in [4.69, 9.17) is 4.74 Å². The third-order valence-corrected chi connectivity index (χ3v) is 4.46. The molecular weight excluding hydrogens is 276 g/mol. The van der Waals surface area contributed by atoms with Gasteiger partial charge in [0.2, 0.25) is 0 Å². The molecule has 1 fully saturated rings. The topological polar surface area (TPSA) is 40.1 Å². The lowest BCUT2D eigenvalue weighted by Crippen LogP contribution is -2.45. The Morgan fingerprint density at radius 3 is 2.55 bits per heavy atom. The van der Waals surface area contributed by atoms with Crippen LogP contribution in [0.15, 0.2) is 29.3 Å². The monoisotopic (exact) mass is 302 g/mol. The van der Waals surface area contributed by atoms with E-state index in [9.17, 15) is 0 Å². The summed E-state index contributed by atoms with van der Waals surface area (Å²) in [5.74, 6) is 1.02. The number of guanidine groups is 1. The summed E-state index contributed by atoms with van der Waals surface area (Å²) in [6, 6.07) is 9.25. The minimum Gasteiger partial charge on any atom is -0.379 e. The zero-order valence-corrected chi connectivity index (χ0v) is 13.6. The molecule has 1 atom stereocenters. The molecule has 22 heavy (non-hydrogen) atoms. The highest BCUT2D eigenvalue weighted by atomic mass is 16.5. The van der Waals surface area contributed by atoms with Gasteiger partial charge < -0.3 is 15.0 Å². The van der Waals surface area contributed by atoms with Crippen molar-refractivity contribution < 1.29 is 4.74 Å². The summed E-state index contributed by atoms with van der Waals surface area (Å²) < 4.78 is 5.51. The van der Waals surface area contributed by atoms with Gasteiger partial charge in [-0.25, -0.2) is 0 Å². The van der Waals surface area contributed by atoms with Crippen LogP contribution in [-0.4, -0.2) is 68.7 Å². The Labute approximate surface area is 133 Å². The molecule has 0 radical (unpaired) electrons. The summed E-state index contributed by atoms with van der Waals surface area (Å²) in [7, 11) is 2.09. The summed E-state index contributed by atoms with van der Waals surface area (Å²) in [5, 5.41) is 3.54. The zero-order chi connectivity index (χ0) is 15.4. The summed E-state index contributed by atoms with van der Waals surface area (Å²) in [6.45, 7) is 8.54. The van der Waals surface area contributed by atoms with Gasteiger partial charge in [-0.05, 0) is 12.5 Å². The first-order valence-electron chi connectivity index (χ1n) is 8.12. The van der Waals surface area contributed by atoms with Gasteiger partial charge in [-0.1, -0.05) is 29.8 Å². The number of rotatable bonds is 4. The summed E-state index contributed by atoms with van der Waals surface area (Å²) in [5.41, 5.74) is 2.67. The Balaban J connectivity index is 1.71. The molecule has 1 N–H and O–H groups in total. The lowest BCUT2D eigenvalue weighted by molar-refractivity contribution is 0.0169. The maximum Gasteiger partial charge on any atom is 0.193 e. The van der Waals surface area contributed by atoms with Crippen LogP contribution in [-0.2, 0) is 4.74 Å². The van der Waals surface area contributed by atoms with Crippen LogP contribution in [0.25, 0.3) is 0 Å². The molecule has 5 heteroatoms. The maximum atomic E-state index is 5.51. The number of benzene rings is 1. The molecule has 5 nitrogen and oxygen atoms in total. The van der Waals surface area contributed by atoms with Crippen molar-refractivity contribution in [3.8, 4) is 0 Å². The second kappa shape index (κ2) is 7.11. The van der Waals surface area contributed by atoms with E-state index in [2.05, 4.69) is 58.3 Å². The number of nitrogens with one attached hydrogen (secondary N) is 1. The number of morpholine rings is 1. The van der Waals surface area contributed by atoms with Gasteiger partial charge in [0.05, 0.1) is 25.8 Å². The molecule has 2 aliphatic rings. The normalized spacial score (nSPS) is 20.8. The fourth-order valence-corrected chi connectivity index (χ4v) is 3.05. The SMILES string of the molecule is Cc1ccc(C(CNC2=NCCN2C)N2CCOCC2)cc1. The van der Waals surface area contributed by atoms with Crippen LogP contribution in [0.3, 0.4) is 0 Å². The van der Waals surface area contributed by atoms with Crippen molar-refractivity contribution in [1.82, 2.24) is 15.1 Å². The minimum atomic E-state index is 0.362. The molecule has 0 aliphatic carbocycles. The molecule has 1 aromatic carbocycles. The van der Waals surface area contributed by atoms with Gasteiger partial charge in [-0.15, -0.1) is 0 Å². The van der Waals surface area contributed by atoms with E-state index in [1.807, 2.05) is 0 Å². The fraction of sp³-hybridized carbons (Fsp3) is 0.588. The first-order valence-corrected chi connectivity index (χ1v) is 8.12. The fourth-order valence-electron chi connectivity index (χ4n) is 3.05. The van der Waals surface area contributed by atoms with Crippen LogP contribution in [0, 0.1) is 6.92 Å². The second-order valence-corrected chi connectivity index (χ2v) is 6.08. The second-order valence-electron chi connectivity index (χ2n) is 6.08. The van der Waals surface area contributed by atoms with Crippen molar-refractivity contribution in [2.75, 3.05) is 53.0 Å². The molecule has 120 valence electrons. The number of likely N-dealkylation sites (N-methyl/N-ethyl adjacent to an activating group) is 1. The highest BCUT2D eigenvalue weighted by Gasteiger charge is 2.23. The van der Waals surface area contributed by atoms with Crippen molar-refractivity contribution in [3.05, 3.63) is 35.4 Å². The first-order chi connectivity index (χ1) is 10.7. The molecule has 2 aliphatic heterocycles. The van der Waals surface area contributed by atoms with Crippen LogP contribution in [0.2, 0.25) is 0 Å². The highest BCUT2D eigenvalue weighted by Crippen LogP contribution is 2.22. The average molecular weight is 302 g/mol. The van der Waals surface area contributed by atoms with E-state index in [-0.39, 0.29) is 0 Å². The molecule has 1 saturated heterocycles. The van der Waals surface area contributed by atoms with Gasteiger partial charge in [0.1, 0.15) is 0 Å². The Bertz CT molecular complexity index is 508. The third-order valence-electron chi connectivity index (χ3n) is 4.46. The molecule has 0 bridgehead atoms. The molecule has 0 saturated carbocycles. The summed E-state index contributed by atoms with van der Waals surface area (Å²) >= 11 is 0. The van der Waals surface area contributed by atoms with Crippen LogP contribution in [0.5, 0.6) is 0 Å². The number of aryl methyl sites for hydroxylation is 1. The lowest BCUT2D eigenvalue weighted by atomic mass is 10.0. The lowest BCUT2D eigenvalue weighted by Gasteiger charge is -2.35. The van der Waals surface area contributed by atoms with E-state index in [1.54, 1.807) is 0 Å². The molecule has 0 amide bonds. The molecule has 0 spiro atoms. The molecular formula is C17H26N4O. The van der Waals surface area contributed by atoms with Gasteiger partial charge in [0, 0.05) is 33.2 Å². The van der Waals surface area contributed by atoms with Crippen molar-refractivity contribution in [2.45, 2.75) is 13.0 Å². The smallest absolute Gasteiger partial charge is 0.193 e. The van der Waals surface area contributed by atoms with E-state index in [1.165, 1.54) is 11.1 Å². The third kappa shape index (κ3) is 3.59. The number of hydrogen-bond acceptors (Lipinski definition) is 5. The standard InChI is InChI=1S/C17H26N4O/c1-14-3-5-15(6-4-14)16(21-9-11-22-12-10-21)13-19-17-18-7-8-20(17)2/h3-6,16H,7-13H2,1-2H3,(H,18,19). The van der Waals surface area contributed by atoms with Crippen LogP contribution in [0.1, 0.15) is 17.2 Å². The number of nitrogens with zero attached hydrogens (tertiary/aromatic N) is 3. The molecule has 1 aromatic rings. The molecule has 1 unspecified atom stereocenters. The van der Waals surface area contributed by atoms with E-state index < -0.39 is 0 Å². The Kier molecular flexibility index (Phi) is 4.95. The van der Waals surface area contributed by atoms with E-state index >= 15 is 0 Å². The Morgan fingerprint density at radius 1 is 1.18 bits per heavy atom. The van der Waals surface area contributed by atoms with Crippen molar-refractivity contribution >= 4 is 5.96 Å². The van der Waals surface area contributed by atoms with E-state index in [0.29, 0.717) is 6.04 Å². The zero-order valence-electron chi connectivity index (χ0n) is 13.6. The summed E-state index contributed by atoms with van der Waals surface area (Å²) in [4.78, 5) is 9.23. The first kappa shape index (κ1) is 15.3. The Morgan fingerprint density at radius 2 is 1.91 bits per heavy atom. The van der Waals surface area contributed by atoms with Crippen molar-refractivity contribution in [3.63, 3.8) is 0 Å². The Hall–Kier alpha value is -1.59.